The second kappa shape index (κ2) is 2.54. The number of carbonyl (C=O) groups is 1. The minimum atomic E-state index is -0.265. The summed E-state index contributed by atoms with van der Waals surface area (Å²) in [6.07, 6.45) is 3.62. The Morgan fingerprint density at radius 1 is 1.50 bits per heavy atom. The number of hydrogen-bond donors (Lipinski definition) is 2. The van der Waals surface area contributed by atoms with Crippen LogP contribution in [0.15, 0.2) is 22.2 Å². The van der Waals surface area contributed by atoms with Gasteiger partial charge < -0.3 is 10.3 Å². The number of hydrogen-bond acceptors (Lipinski definition) is 2. The van der Waals surface area contributed by atoms with Crippen LogP contribution in [0.2, 0.25) is 0 Å². The Balaban J connectivity index is 2.18. The van der Waals surface area contributed by atoms with Gasteiger partial charge in [0.15, 0.2) is 0 Å². The first-order valence-electron chi connectivity index (χ1n) is 4.43. The first kappa shape index (κ1) is 7.49. The molecule has 0 bridgehead atoms. The summed E-state index contributed by atoms with van der Waals surface area (Å²) < 4.78 is 0. The van der Waals surface area contributed by atoms with Crippen LogP contribution in [0.25, 0.3) is 0 Å². The first-order chi connectivity index (χ1) is 6.84. The fraction of sp³-hybridized carbons (Fsp3) is 0.222. The van der Waals surface area contributed by atoms with Gasteiger partial charge in [0.1, 0.15) is 5.82 Å². The number of aromatic nitrogens is 1. The van der Waals surface area contributed by atoms with Crippen molar-refractivity contribution < 1.29 is 4.79 Å². The third-order valence-electron chi connectivity index (χ3n) is 2.43. The van der Waals surface area contributed by atoms with Crippen molar-refractivity contribution in [3.05, 3.63) is 17.8 Å². The van der Waals surface area contributed by atoms with Crippen molar-refractivity contribution in [3.63, 3.8) is 0 Å². The van der Waals surface area contributed by atoms with Gasteiger partial charge >= 0.3 is 6.03 Å². The van der Waals surface area contributed by atoms with E-state index >= 15 is 0 Å². The van der Waals surface area contributed by atoms with E-state index in [1.807, 2.05) is 12.3 Å². The summed E-state index contributed by atoms with van der Waals surface area (Å²) in [5.41, 5.74) is 1.76. The number of carbonyl (C=O) groups excluding carboxylic acids is 1. The van der Waals surface area contributed by atoms with Crippen LogP contribution >= 0.6 is 0 Å². The van der Waals surface area contributed by atoms with Crippen LogP contribution in [0.1, 0.15) is 5.56 Å². The van der Waals surface area contributed by atoms with Crippen LogP contribution in [0.4, 0.5) is 10.6 Å². The second-order valence-electron chi connectivity index (χ2n) is 3.31. The highest BCUT2D eigenvalue weighted by molar-refractivity contribution is 6.19. The van der Waals surface area contributed by atoms with Crippen molar-refractivity contribution in [3.8, 4) is 0 Å². The van der Waals surface area contributed by atoms with E-state index in [4.69, 9.17) is 0 Å². The number of nitrogens with one attached hydrogen (secondary N) is 2. The van der Waals surface area contributed by atoms with Gasteiger partial charge in [-0.3, -0.25) is 0 Å². The van der Waals surface area contributed by atoms with Gasteiger partial charge in [-0.1, -0.05) is 0 Å². The predicted molar refractivity (Wildman–Crippen MR) is 52.4 cm³/mol. The molecule has 0 saturated carbocycles. The van der Waals surface area contributed by atoms with Crippen molar-refractivity contribution in [1.82, 2.24) is 10.3 Å². The number of fused-ring (bicyclic) bond motifs is 3. The van der Waals surface area contributed by atoms with Crippen LogP contribution in [0.3, 0.4) is 0 Å². The molecule has 2 amide bonds. The molecule has 0 aromatic carbocycles. The Hall–Kier alpha value is -1.91. The number of aliphatic imine (C=N–C) groups is 2. The van der Waals surface area contributed by atoms with Crippen molar-refractivity contribution >= 4 is 23.8 Å². The molecule has 3 rings (SSSR count). The maximum Gasteiger partial charge on any atom is 0.341 e. The fourth-order valence-corrected chi connectivity index (χ4v) is 1.75. The molecular formula is C9H8N4O. The van der Waals surface area contributed by atoms with Crippen LogP contribution < -0.4 is 5.32 Å². The summed E-state index contributed by atoms with van der Waals surface area (Å²) in [6, 6.07) is 1.63. The molecule has 5 nitrogen and oxygen atoms in total. The van der Waals surface area contributed by atoms with Gasteiger partial charge in [-0.25, -0.2) is 9.79 Å². The molecular weight excluding hydrogens is 180 g/mol. The van der Waals surface area contributed by atoms with Gasteiger partial charge in [0, 0.05) is 24.5 Å². The maximum absolute atomic E-state index is 11.1. The van der Waals surface area contributed by atoms with E-state index in [9.17, 15) is 4.79 Å². The van der Waals surface area contributed by atoms with E-state index in [1.54, 1.807) is 6.20 Å². The van der Waals surface area contributed by atoms with E-state index in [-0.39, 0.29) is 11.9 Å². The van der Waals surface area contributed by atoms with E-state index in [2.05, 4.69) is 20.3 Å². The summed E-state index contributed by atoms with van der Waals surface area (Å²) in [4.78, 5) is 22.3. The molecule has 0 fully saturated rings. The monoisotopic (exact) mass is 188 g/mol. The summed E-state index contributed by atoms with van der Waals surface area (Å²) in [5.74, 6) is 0.908. The van der Waals surface area contributed by atoms with E-state index in [1.165, 1.54) is 0 Å². The molecule has 70 valence electrons. The molecule has 0 radical (unpaired) electrons. The normalized spacial score (nSPS) is 23.6. The molecule has 0 saturated heterocycles. The Morgan fingerprint density at radius 3 is 3.36 bits per heavy atom. The van der Waals surface area contributed by atoms with Crippen molar-refractivity contribution in [1.29, 1.82) is 0 Å². The molecule has 14 heavy (non-hydrogen) atoms. The van der Waals surface area contributed by atoms with Gasteiger partial charge in [0.2, 0.25) is 0 Å². The largest absolute Gasteiger partial charge is 0.346 e. The van der Waals surface area contributed by atoms with E-state index < -0.39 is 0 Å². The maximum atomic E-state index is 11.1. The summed E-state index contributed by atoms with van der Waals surface area (Å²) in [6.45, 7) is 0.589. The molecule has 0 spiro atoms. The average molecular weight is 188 g/mol. The van der Waals surface area contributed by atoms with Crippen LogP contribution in [-0.4, -0.2) is 29.5 Å². The molecule has 2 N–H and O–H groups in total. The zero-order valence-electron chi connectivity index (χ0n) is 7.32. The SMILES string of the molecule is O=C1N=C2c3cc[nH]c3N=CC2CN1. The fourth-order valence-electron chi connectivity index (χ4n) is 1.75. The Bertz CT molecular complexity index is 457. The molecule has 2 aliphatic heterocycles. The first-order valence-corrected chi connectivity index (χ1v) is 4.43. The number of H-pyrrole nitrogens is 1. The van der Waals surface area contributed by atoms with Crippen LogP contribution in [0, 0.1) is 5.92 Å². The summed E-state index contributed by atoms with van der Waals surface area (Å²) >= 11 is 0. The number of aromatic amines is 1. The molecule has 2 aliphatic rings. The lowest BCUT2D eigenvalue weighted by molar-refractivity contribution is 0.248. The van der Waals surface area contributed by atoms with E-state index in [0.717, 1.165) is 17.1 Å². The lowest BCUT2D eigenvalue weighted by atomic mass is 9.95. The molecule has 1 aromatic rings. The third kappa shape index (κ3) is 0.921. The van der Waals surface area contributed by atoms with Gasteiger partial charge in [0.05, 0.1) is 11.6 Å². The van der Waals surface area contributed by atoms with Crippen LogP contribution in [0.5, 0.6) is 0 Å². The van der Waals surface area contributed by atoms with Crippen molar-refractivity contribution in [2.45, 2.75) is 0 Å². The standard InChI is InChI=1S/C9H8N4O/c14-9-12-4-5-3-11-8-6(1-2-10-8)7(5)13-9/h1-3,5,10H,4H2,(H,12,14). The molecule has 0 aliphatic carbocycles. The minimum Gasteiger partial charge on any atom is -0.346 e. The number of nitrogens with zero attached hydrogens (tertiary/aromatic N) is 2. The number of urea groups is 1. The highest BCUT2D eigenvalue weighted by atomic mass is 16.2. The summed E-state index contributed by atoms with van der Waals surface area (Å²) in [7, 11) is 0. The van der Waals surface area contributed by atoms with E-state index in [0.29, 0.717) is 6.54 Å². The third-order valence-corrected chi connectivity index (χ3v) is 2.43. The van der Waals surface area contributed by atoms with Gasteiger partial charge in [-0.15, -0.1) is 0 Å². The molecule has 1 aromatic heterocycles. The molecule has 1 unspecified atom stereocenters. The van der Waals surface area contributed by atoms with Crippen LogP contribution in [-0.2, 0) is 0 Å². The Kier molecular flexibility index (Phi) is 1.36. The molecule has 5 heteroatoms. The predicted octanol–water partition coefficient (Wildman–Crippen LogP) is 0.859. The smallest absolute Gasteiger partial charge is 0.341 e. The Morgan fingerprint density at radius 2 is 2.43 bits per heavy atom. The topological polar surface area (TPSA) is 69.6 Å². The molecule has 3 heterocycles. The highest BCUT2D eigenvalue weighted by Crippen LogP contribution is 2.26. The summed E-state index contributed by atoms with van der Waals surface area (Å²) in [5, 5.41) is 2.68. The lowest BCUT2D eigenvalue weighted by Gasteiger charge is -2.22. The number of rotatable bonds is 0. The molecule has 1 atom stereocenters. The zero-order chi connectivity index (χ0) is 9.54. The second-order valence-corrected chi connectivity index (χ2v) is 3.31. The lowest BCUT2D eigenvalue weighted by Crippen LogP contribution is -2.39. The number of amides is 2. The van der Waals surface area contributed by atoms with Crippen molar-refractivity contribution in [2.24, 2.45) is 15.9 Å². The Labute approximate surface area is 80.0 Å². The average Bonchev–Trinajstić information content (AvgIpc) is 2.65. The van der Waals surface area contributed by atoms with Gasteiger partial charge in [-0.2, -0.15) is 4.99 Å². The zero-order valence-corrected chi connectivity index (χ0v) is 7.32. The quantitative estimate of drug-likeness (QED) is 0.622. The highest BCUT2D eigenvalue weighted by Gasteiger charge is 2.27. The van der Waals surface area contributed by atoms with Crippen molar-refractivity contribution in [2.75, 3.05) is 6.54 Å². The van der Waals surface area contributed by atoms with Gasteiger partial charge in [-0.05, 0) is 6.07 Å². The minimum absolute atomic E-state index is 0.121. The van der Waals surface area contributed by atoms with Gasteiger partial charge in [0.25, 0.3) is 0 Å².